The lowest BCUT2D eigenvalue weighted by atomic mass is 10.0. The Balaban J connectivity index is 1.66. The predicted molar refractivity (Wildman–Crippen MR) is 65.0 cm³/mol. The van der Waals surface area contributed by atoms with Crippen LogP contribution in [0.25, 0.3) is 0 Å². The molecular formula is C13H26N2. The van der Waals surface area contributed by atoms with Crippen LogP contribution in [-0.2, 0) is 0 Å². The molecule has 1 aliphatic heterocycles. The Labute approximate surface area is 94.4 Å². The lowest BCUT2D eigenvalue weighted by molar-refractivity contribution is 0.173. The predicted octanol–water partition coefficient (Wildman–Crippen LogP) is 2.11. The van der Waals surface area contributed by atoms with Gasteiger partial charge in [-0.2, -0.15) is 0 Å². The number of likely N-dealkylation sites (tertiary alicyclic amines) is 1. The van der Waals surface area contributed by atoms with Gasteiger partial charge in [-0.15, -0.1) is 0 Å². The van der Waals surface area contributed by atoms with Gasteiger partial charge in [-0.05, 0) is 50.6 Å². The van der Waals surface area contributed by atoms with Crippen molar-refractivity contribution in [1.82, 2.24) is 10.2 Å². The molecule has 0 aromatic heterocycles. The van der Waals surface area contributed by atoms with Crippen molar-refractivity contribution in [2.45, 2.75) is 45.6 Å². The van der Waals surface area contributed by atoms with Crippen LogP contribution < -0.4 is 5.32 Å². The highest BCUT2D eigenvalue weighted by atomic mass is 15.2. The summed E-state index contributed by atoms with van der Waals surface area (Å²) in [5.74, 6) is 1.83. The zero-order valence-electron chi connectivity index (χ0n) is 10.3. The van der Waals surface area contributed by atoms with E-state index in [2.05, 4.69) is 24.1 Å². The van der Waals surface area contributed by atoms with Gasteiger partial charge in [-0.25, -0.2) is 0 Å². The van der Waals surface area contributed by atoms with Crippen LogP contribution in [0.2, 0.25) is 0 Å². The molecule has 2 aliphatic rings. The van der Waals surface area contributed by atoms with Crippen molar-refractivity contribution in [2.24, 2.45) is 11.8 Å². The topological polar surface area (TPSA) is 15.3 Å². The molecule has 2 nitrogen and oxygen atoms in total. The molecule has 1 unspecified atom stereocenters. The van der Waals surface area contributed by atoms with Crippen LogP contribution in [0.4, 0.5) is 0 Å². The van der Waals surface area contributed by atoms with Crippen molar-refractivity contribution in [3.05, 3.63) is 0 Å². The molecule has 1 saturated carbocycles. The Bertz CT molecular complexity index is 187. The summed E-state index contributed by atoms with van der Waals surface area (Å²) in [5, 5.41) is 3.75. The van der Waals surface area contributed by atoms with E-state index in [0.717, 1.165) is 17.9 Å². The van der Waals surface area contributed by atoms with Gasteiger partial charge in [0.1, 0.15) is 0 Å². The molecular weight excluding hydrogens is 184 g/mol. The number of rotatable bonds is 5. The molecule has 1 N–H and O–H groups in total. The molecule has 1 aliphatic carbocycles. The van der Waals surface area contributed by atoms with Gasteiger partial charge in [-0.1, -0.05) is 13.8 Å². The van der Waals surface area contributed by atoms with E-state index in [0.29, 0.717) is 0 Å². The summed E-state index contributed by atoms with van der Waals surface area (Å²) in [7, 11) is 0. The third-order valence-electron chi connectivity index (χ3n) is 3.52. The van der Waals surface area contributed by atoms with Crippen molar-refractivity contribution in [3.8, 4) is 0 Å². The fourth-order valence-corrected chi connectivity index (χ4v) is 2.56. The van der Waals surface area contributed by atoms with Gasteiger partial charge in [-0.3, -0.25) is 0 Å². The summed E-state index contributed by atoms with van der Waals surface area (Å²) < 4.78 is 0. The number of piperidine rings is 1. The van der Waals surface area contributed by atoms with E-state index in [9.17, 15) is 0 Å². The van der Waals surface area contributed by atoms with Crippen LogP contribution in [0.1, 0.15) is 39.5 Å². The Kier molecular flexibility index (Phi) is 4.04. The quantitative estimate of drug-likeness (QED) is 0.747. The van der Waals surface area contributed by atoms with Crippen LogP contribution in [-0.4, -0.2) is 37.1 Å². The highest BCUT2D eigenvalue weighted by Gasteiger charge is 2.24. The second-order valence-electron chi connectivity index (χ2n) is 5.84. The van der Waals surface area contributed by atoms with Crippen molar-refractivity contribution >= 4 is 0 Å². The fourth-order valence-electron chi connectivity index (χ4n) is 2.56. The lowest BCUT2D eigenvalue weighted by Gasteiger charge is -2.34. The molecule has 2 heteroatoms. The molecule has 88 valence electrons. The van der Waals surface area contributed by atoms with Crippen LogP contribution in [0.5, 0.6) is 0 Å². The van der Waals surface area contributed by atoms with Crippen LogP contribution >= 0.6 is 0 Å². The molecule has 15 heavy (non-hydrogen) atoms. The Morgan fingerprint density at radius 2 is 2.07 bits per heavy atom. The monoisotopic (exact) mass is 210 g/mol. The first-order valence-corrected chi connectivity index (χ1v) is 6.70. The molecule has 0 aromatic carbocycles. The van der Waals surface area contributed by atoms with E-state index in [1.165, 1.54) is 51.9 Å². The summed E-state index contributed by atoms with van der Waals surface area (Å²) in [5.41, 5.74) is 0. The van der Waals surface area contributed by atoms with Gasteiger partial charge in [0.2, 0.25) is 0 Å². The average Bonchev–Trinajstić information content (AvgIpc) is 2.97. The SMILES string of the molecule is CC(C)CN1CCCC(NCC2CC2)C1. The summed E-state index contributed by atoms with van der Waals surface area (Å²) >= 11 is 0. The highest BCUT2D eigenvalue weighted by Crippen LogP contribution is 2.28. The lowest BCUT2D eigenvalue weighted by Crippen LogP contribution is -2.47. The molecule has 2 rings (SSSR count). The minimum Gasteiger partial charge on any atom is -0.312 e. The molecule has 0 radical (unpaired) electrons. The van der Waals surface area contributed by atoms with Crippen LogP contribution in [0.15, 0.2) is 0 Å². The zero-order chi connectivity index (χ0) is 10.7. The second kappa shape index (κ2) is 5.31. The largest absolute Gasteiger partial charge is 0.312 e. The van der Waals surface area contributed by atoms with Gasteiger partial charge < -0.3 is 10.2 Å². The standard InChI is InChI=1S/C13H26N2/c1-11(2)9-15-7-3-4-13(10-15)14-8-12-5-6-12/h11-14H,3-10H2,1-2H3. The minimum absolute atomic E-state index is 0.776. The van der Waals surface area contributed by atoms with Crippen molar-refractivity contribution in [2.75, 3.05) is 26.2 Å². The van der Waals surface area contributed by atoms with Crippen LogP contribution in [0.3, 0.4) is 0 Å². The molecule has 2 fully saturated rings. The Hall–Kier alpha value is -0.0800. The zero-order valence-corrected chi connectivity index (χ0v) is 10.3. The van der Waals surface area contributed by atoms with Crippen molar-refractivity contribution in [1.29, 1.82) is 0 Å². The first-order chi connectivity index (χ1) is 7.24. The molecule has 0 spiro atoms. The maximum Gasteiger partial charge on any atom is 0.0195 e. The number of hydrogen-bond donors (Lipinski definition) is 1. The van der Waals surface area contributed by atoms with Gasteiger partial charge in [0, 0.05) is 19.1 Å². The normalized spacial score (nSPS) is 28.6. The third-order valence-corrected chi connectivity index (χ3v) is 3.52. The Morgan fingerprint density at radius 1 is 1.27 bits per heavy atom. The minimum atomic E-state index is 0.776. The first kappa shape index (κ1) is 11.4. The molecule has 0 bridgehead atoms. The Morgan fingerprint density at radius 3 is 2.73 bits per heavy atom. The summed E-state index contributed by atoms with van der Waals surface area (Å²) in [6, 6.07) is 0.776. The molecule has 1 atom stereocenters. The maximum absolute atomic E-state index is 3.75. The van der Waals surface area contributed by atoms with Crippen molar-refractivity contribution < 1.29 is 0 Å². The molecule has 0 amide bonds. The molecule has 0 aromatic rings. The average molecular weight is 210 g/mol. The summed E-state index contributed by atoms with van der Waals surface area (Å²) in [6.07, 6.45) is 5.71. The third kappa shape index (κ3) is 4.12. The second-order valence-corrected chi connectivity index (χ2v) is 5.84. The highest BCUT2D eigenvalue weighted by molar-refractivity contribution is 4.82. The van der Waals surface area contributed by atoms with E-state index >= 15 is 0 Å². The van der Waals surface area contributed by atoms with Gasteiger partial charge in [0.15, 0.2) is 0 Å². The van der Waals surface area contributed by atoms with Gasteiger partial charge in [0.05, 0.1) is 0 Å². The maximum atomic E-state index is 3.75. The number of nitrogens with one attached hydrogen (secondary N) is 1. The van der Waals surface area contributed by atoms with E-state index in [1.807, 2.05) is 0 Å². The van der Waals surface area contributed by atoms with E-state index < -0.39 is 0 Å². The van der Waals surface area contributed by atoms with E-state index in [-0.39, 0.29) is 0 Å². The molecule has 1 heterocycles. The van der Waals surface area contributed by atoms with Gasteiger partial charge >= 0.3 is 0 Å². The molecule has 1 saturated heterocycles. The van der Waals surface area contributed by atoms with Crippen LogP contribution in [0, 0.1) is 11.8 Å². The number of nitrogens with zero attached hydrogens (tertiary/aromatic N) is 1. The number of hydrogen-bond acceptors (Lipinski definition) is 2. The first-order valence-electron chi connectivity index (χ1n) is 6.70. The van der Waals surface area contributed by atoms with E-state index in [1.54, 1.807) is 0 Å². The van der Waals surface area contributed by atoms with E-state index in [4.69, 9.17) is 0 Å². The van der Waals surface area contributed by atoms with Gasteiger partial charge in [0.25, 0.3) is 0 Å². The van der Waals surface area contributed by atoms with Crippen molar-refractivity contribution in [3.63, 3.8) is 0 Å². The summed E-state index contributed by atoms with van der Waals surface area (Å²) in [6.45, 7) is 9.80. The smallest absolute Gasteiger partial charge is 0.0195 e. The fraction of sp³-hybridized carbons (Fsp3) is 1.00. The summed E-state index contributed by atoms with van der Waals surface area (Å²) in [4.78, 5) is 2.64.